The van der Waals surface area contributed by atoms with Crippen molar-refractivity contribution in [2.75, 3.05) is 26.8 Å². The summed E-state index contributed by atoms with van der Waals surface area (Å²) in [6.45, 7) is 10.0. The number of carbonyl (C=O) groups is 1. The number of hydrogen-bond donors (Lipinski definition) is 3. The standard InChI is InChI=1S/C23H34N4O3S.HI/c1-6-24-22(28)15-30-20-11-9-18(13-21(20)29-5)14-26-23(25-7-2)27-16(3)12-19-10-8-17(4)31-19;/h8-11,13,16H,6-7,12,14-15H2,1-5H3,(H,24,28)(H2,25,26,27);1H. The van der Waals surface area contributed by atoms with Gasteiger partial charge in [0.05, 0.1) is 13.7 Å². The number of hydrogen-bond acceptors (Lipinski definition) is 5. The Morgan fingerprint density at radius 2 is 1.88 bits per heavy atom. The number of thiophene rings is 1. The average molecular weight is 575 g/mol. The third-order valence-electron chi connectivity index (χ3n) is 4.41. The molecule has 1 heterocycles. The van der Waals surface area contributed by atoms with Crippen molar-refractivity contribution in [2.45, 2.75) is 46.7 Å². The lowest BCUT2D eigenvalue weighted by molar-refractivity contribution is -0.123. The minimum atomic E-state index is -0.161. The molecule has 0 saturated carbocycles. The molecule has 2 aromatic rings. The molecule has 1 aromatic carbocycles. The van der Waals surface area contributed by atoms with Crippen LogP contribution in [0.4, 0.5) is 0 Å². The van der Waals surface area contributed by atoms with Crippen molar-refractivity contribution in [1.82, 2.24) is 16.0 Å². The number of aryl methyl sites for hydroxylation is 1. The number of nitrogens with one attached hydrogen (secondary N) is 3. The number of ether oxygens (including phenoxy) is 2. The van der Waals surface area contributed by atoms with Crippen LogP contribution in [0.2, 0.25) is 0 Å². The van der Waals surface area contributed by atoms with Crippen LogP contribution in [-0.4, -0.2) is 44.7 Å². The van der Waals surface area contributed by atoms with Crippen LogP contribution in [-0.2, 0) is 17.8 Å². The van der Waals surface area contributed by atoms with Gasteiger partial charge in [-0.25, -0.2) is 4.99 Å². The van der Waals surface area contributed by atoms with Crippen molar-refractivity contribution in [1.29, 1.82) is 0 Å². The van der Waals surface area contributed by atoms with Gasteiger partial charge in [-0.2, -0.15) is 0 Å². The van der Waals surface area contributed by atoms with Gasteiger partial charge in [0.15, 0.2) is 24.1 Å². The number of nitrogens with zero attached hydrogens (tertiary/aromatic N) is 1. The predicted molar refractivity (Wildman–Crippen MR) is 143 cm³/mol. The summed E-state index contributed by atoms with van der Waals surface area (Å²) in [6.07, 6.45) is 0.953. The van der Waals surface area contributed by atoms with Crippen LogP contribution in [0.3, 0.4) is 0 Å². The number of halogens is 1. The number of guanidine groups is 1. The molecule has 1 atom stereocenters. The minimum absolute atomic E-state index is 0. The fourth-order valence-electron chi connectivity index (χ4n) is 2.99. The molecule has 0 fully saturated rings. The van der Waals surface area contributed by atoms with Gasteiger partial charge in [-0.15, -0.1) is 35.3 Å². The van der Waals surface area contributed by atoms with E-state index in [2.05, 4.69) is 41.9 Å². The maximum atomic E-state index is 11.6. The number of likely N-dealkylation sites (N-methyl/N-ethyl adjacent to an activating group) is 1. The smallest absolute Gasteiger partial charge is 0.257 e. The molecule has 2 rings (SSSR count). The maximum absolute atomic E-state index is 11.6. The number of rotatable bonds is 11. The van der Waals surface area contributed by atoms with E-state index in [0.717, 1.165) is 24.5 Å². The number of amides is 1. The van der Waals surface area contributed by atoms with E-state index in [4.69, 9.17) is 14.5 Å². The van der Waals surface area contributed by atoms with Crippen LogP contribution in [0.5, 0.6) is 11.5 Å². The van der Waals surface area contributed by atoms with Gasteiger partial charge in [0.2, 0.25) is 0 Å². The van der Waals surface area contributed by atoms with Gasteiger partial charge in [0.1, 0.15) is 0 Å². The average Bonchev–Trinajstić information content (AvgIpc) is 3.15. The molecule has 0 bridgehead atoms. The van der Waals surface area contributed by atoms with Gasteiger partial charge in [-0.05, 0) is 57.5 Å². The molecule has 1 unspecified atom stereocenters. The molecule has 32 heavy (non-hydrogen) atoms. The molecule has 0 spiro atoms. The van der Waals surface area contributed by atoms with Crippen molar-refractivity contribution in [3.63, 3.8) is 0 Å². The van der Waals surface area contributed by atoms with Crippen molar-refractivity contribution < 1.29 is 14.3 Å². The van der Waals surface area contributed by atoms with Crippen molar-refractivity contribution >= 4 is 47.2 Å². The second kappa shape index (κ2) is 14.9. The number of methoxy groups -OCH3 is 1. The molecule has 7 nitrogen and oxygen atoms in total. The first-order chi connectivity index (χ1) is 14.9. The summed E-state index contributed by atoms with van der Waals surface area (Å²) in [6, 6.07) is 10.2. The number of aliphatic imine (C=N–C) groups is 1. The zero-order chi connectivity index (χ0) is 22.6. The fraction of sp³-hybridized carbons (Fsp3) is 0.478. The Kier molecular flexibility index (Phi) is 13.1. The Morgan fingerprint density at radius 3 is 2.50 bits per heavy atom. The number of carbonyl (C=O) groups excluding carboxylic acids is 1. The normalized spacial score (nSPS) is 11.8. The Labute approximate surface area is 212 Å². The van der Waals surface area contributed by atoms with Gasteiger partial charge in [-0.1, -0.05) is 6.07 Å². The number of benzene rings is 1. The van der Waals surface area contributed by atoms with Crippen LogP contribution >= 0.6 is 35.3 Å². The predicted octanol–water partition coefficient (Wildman–Crippen LogP) is 3.88. The summed E-state index contributed by atoms with van der Waals surface area (Å²) in [7, 11) is 1.58. The Balaban J connectivity index is 0.00000512. The largest absolute Gasteiger partial charge is 0.493 e. The molecule has 9 heteroatoms. The molecule has 178 valence electrons. The maximum Gasteiger partial charge on any atom is 0.257 e. The highest BCUT2D eigenvalue weighted by Gasteiger charge is 2.10. The topological polar surface area (TPSA) is 84.0 Å². The third-order valence-corrected chi connectivity index (χ3v) is 5.43. The van der Waals surface area contributed by atoms with Crippen molar-refractivity contribution in [2.24, 2.45) is 4.99 Å². The van der Waals surface area contributed by atoms with Crippen LogP contribution < -0.4 is 25.4 Å². The first-order valence-electron chi connectivity index (χ1n) is 10.6. The molecule has 0 saturated heterocycles. The molecule has 1 amide bonds. The van der Waals surface area contributed by atoms with Crippen LogP contribution in [0.1, 0.15) is 36.1 Å². The fourth-order valence-corrected chi connectivity index (χ4v) is 4.01. The van der Waals surface area contributed by atoms with Crippen LogP contribution in [0, 0.1) is 6.92 Å². The molecule has 3 N–H and O–H groups in total. The Bertz CT molecular complexity index is 873. The zero-order valence-electron chi connectivity index (χ0n) is 19.5. The monoisotopic (exact) mass is 574 g/mol. The summed E-state index contributed by atoms with van der Waals surface area (Å²) in [5.74, 6) is 1.73. The van der Waals surface area contributed by atoms with E-state index in [1.807, 2.05) is 43.4 Å². The van der Waals surface area contributed by atoms with Gasteiger partial charge >= 0.3 is 0 Å². The molecule has 0 aliphatic heterocycles. The summed E-state index contributed by atoms with van der Waals surface area (Å²) in [5, 5.41) is 9.48. The summed E-state index contributed by atoms with van der Waals surface area (Å²) in [5.41, 5.74) is 0.987. The third kappa shape index (κ3) is 9.64. The van der Waals surface area contributed by atoms with Gasteiger partial charge in [-0.3, -0.25) is 4.79 Å². The highest BCUT2D eigenvalue weighted by Crippen LogP contribution is 2.28. The van der Waals surface area contributed by atoms with E-state index in [9.17, 15) is 4.79 Å². The highest BCUT2D eigenvalue weighted by atomic mass is 127. The lowest BCUT2D eigenvalue weighted by Crippen LogP contribution is -2.43. The second-order valence-corrected chi connectivity index (χ2v) is 8.56. The summed E-state index contributed by atoms with van der Waals surface area (Å²) >= 11 is 1.83. The van der Waals surface area contributed by atoms with E-state index in [-0.39, 0.29) is 42.5 Å². The first-order valence-corrected chi connectivity index (χ1v) is 11.4. The van der Waals surface area contributed by atoms with Crippen LogP contribution in [0.25, 0.3) is 0 Å². The molecule has 0 radical (unpaired) electrons. The Hall–Kier alpha value is -2.01. The zero-order valence-corrected chi connectivity index (χ0v) is 22.6. The van der Waals surface area contributed by atoms with Gasteiger partial charge in [0, 0.05) is 35.3 Å². The molecule has 0 aliphatic carbocycles. The van der Waals surface area contributed by atoms with Crippen molar-refractivity contribution in [3.8, 4) is 11.5 Å². The summed E-state index contributed by atoms with van der Waals surface area (Å²) in [4.78, 5) is 19.0. The Morgan fingerprint density at radius 1 is 1.12 bits per heavy atom. The van der Waals surface area contributed by atoms with Crippen LogP contribution in [0.15, 0.2) is 35.3 Å². The van der Waals surface area contributed by atoms with Crippen molar-refractivity contribution in [3.05, 3.63) is 45.6 Å². The van der Waals surface area contributed by atoms with E-state index < -0.39 is 0 Å². The van der Waals surface area contributed by atoms with Gasteiger partial charge < -0.3 is 25.4 Å². The molecular weight excluding hydrogens is 539 g/mol. The lowest BCUT2D eigenvalue weighted by Gasteiger charge is -2.17. The van der Waals surface area contributed by atoms with E-state index in [1.54, 1.807) is 7.11 Å². The first kappa shape index (κ1) is 28.0. The lowest BCUT2D eigenvalue weighted by atomic mass is 10.2. The highest BCUT2D eigenvalue weighted by molar-refractivity contribution is 14.0. The van der Waals surface area contributed by atoms with Gasteiger partial charge in [0.25, 0.3) is 5.91 Å². The minimum Gasteiger partial charge on any atom is -0.493 e. The van der Waals surface area contributed by atoms with E-state index >= 15 is 0 Å². The SMILES string of the molecule is CCNC(=O)COc1ccc(CN=C(NCC)NC(C)Cc2ccc(C)s2)cc1OC.I. The van der Waals surface area contributed by atoms with E-state index in [1.165, 1.54) is 9.75 Å². The second-order valence-electron chi connectivity index (χ2n) is 7.18. The quantitative estimate of drug-likeness (QED) is 0.216. The molecule has 0 aliphatic rings. The molecule has 1 aromatic heterocycles. The molecular formula is C23H35IN4O3S. The van der Waals surface area contributed by atoms with E-state index in [0.29, 0.717) is 24.6 Å². The summed E-state index contributed by atoms with van der Waals surface area (Å²) < 4.78 is 11.0.